The van der Waals surface area contributed by atoms with Crippen LogP contribution in [0.2, 0.25) is 5.02 Å². The van der Waals surface area contributed by atoms with E-state index in [4.69, 9.17) is 16.9 Å². The molecule has 108 valence electrons. The van der Waals surface area contributed by atoms with Gasteiger partial charge in [0, 0.05) is 26.0 Å². The van der Waals surface area contributed by atoms with E-state index in [-0.39, 0.29) is 16.5 Å². The number of halogens is 1. The van der Waals surface area contributed by atoms with Crippen molar-refractivity contribution >= 4 is 21.6 Å². The van der Waals surface area contributed by atoms with Crippen LogP contribution in [0.5, 0.6) is 0 Å². The van der Waals surface area contributed by atoms with Crippen LogP contribution in [-0.4, -0.2) is 24.8 Å². The monoisotopic (exact) mass is 321 g/mol. The number of hydrogen-bond acceptors (Lipinski definition) is 4. The Bertz CT molecular complexity index is 786. The Hall–Kier alpha value is -1.94. The quantitative estimate of drug-likeness (QED) is 0.866. The van der Waals surface area contributed by atoms with Crippen molar-refractivity contribution in [3.8, 4) is 6.07 Å². The smallest absolute Gasteiger partial charge is 0.244 e. The van der Waals surface area contributed by atoms with Crippen LogP contribution in [0.1, 0.15) is 11.1 Å². The van der Waals surface area contributed by atoms with Crippen molar-refractivity contribution in [2.24, 2.45) is 0 Å². The molecule has 0 bridgehead atoms. The minimum atomic E-state index is -3.73. The molecule has 0 radical (unpaired) electrons. The zero-order chi connectivity index (χ0) is 15.5. The first kappa shape index (κ1) is 15.4. The van der Waals surface area contributed by atoms with E-state index >= 15 is 0 Å². The number of rotatable bonds is 4. The number of aromatic nitrogens is 1. The Labute approximate surface area is 128 Å². The summed E-state index contributed by atoms with van der Waals surface area (Å²) in [6, 6.07) is 9.56. The zero-order valence-corrected chi connectivity index (χ0v) is 12.8. The summed E-state index contributed by atoms with van der Waals surface area (Å²) in [5.74, 6) is 0. The first-order chi connectivity index (χ1) is 9.95. The summed E-state index contributed by atoms with van der Waals surface area (Å²) in [6.45, 7) is 0.187. The Morgan fingerprint density at radius 2 is 2.14 bits per heavy atom. The van der Waals surface area contributed by atoms with Crippen LogP contribution < -0.4 is 0 Å². The summed E-state index contributed by atoms with van der Waals surface area (Å²) in [4.78, 5) is 3.93. The van der Waals surface area contributed by atoms with Crippen LogP contribution in [0, 0.1) is 11.3 Å². The van der Waals surface area contributed by atoms with Gasteiger partial charge < -0.3 is 0 Å². The third-order valence-electron chi connectivity index (χ3n) is 2.88. The molecule has 0 fully saturated rings. The van der Waals surface area contributed by atoms with E-state index in [9.17, 15) is 8.42 Å². The van der Waals surface area contributed by atoms with Gasteiger partial charge in [-0.05, 0) is 29.8 Å². The van der Waals surface area contributed by atoms with E-state index in [0.717, 1.165) is 5.56 Å². The van der Waals surface area contributed by atoms with Crippen molar-refractivity contribution in [2.75, 3.05) is 7.05 Å². The normalized spacial score (nSPS) is 11.3. The van der Waals surface area contributed by atoms with Gasteiger partial charge in [-0.3, -0.25) is 4.98 Å². The van der Waals surface area contributed by atoms with E-state index in [0.29, 0.717) is 5.56 Å². The first-order valence-electron chi connectivity index (χ1n) is 6.00. The molecule has 1 aromatic carbocycles. The molecule has 7 heteroatoms. The average Bonchev–Trinajstić information content (AvgIpc) is 2.47. The summed E-state index contributed by atoms with van der Waals surface area (Å²) in [6.07, 6.45) is 3.22. The Morgan fingerprint density at radius 3 is 2.71 bits per heavy atom. The number of benzene rings is 1. The molecule has 0 amide bonds. The van der Waals surface area contributed by atoms with Crippen molar-refractivity contribution in [1.29, 1.82) is 5.26 Å². The molecule has 0 aliphatic heterocycles. The van der Waals surface area contributed by atoms with Gasteiger partial charge in [0.25, 0.3) is 0 Å². The van der Waals surface area contributed by atoms with E-state index < -0.39 is 10.0 Å². The fourth-order valence-electron chi connectivity index (χ4n) is 1.78. The second kappa shape index (κ2) is 6.22. The second-order valence-electron chi connectivity index (χ2n) is 4.38. The number of nitrogens with zero attached hydrogens (tertiary/aromatic N) is 3. The van der Waals surface area contributed by atoms with Gasteiger partial charge in [0.15, 0.2) is 0 Å². The minimum absolute atomic E-state index is 0.0189. The molecule has 0 saturated heterocycles. The lowest BCUT2D eigenvalue weighted by Crippen LogP contribution is -2.26. The maximum absolute atomic E-state index is 12.5. The zero-order valence-electron chi connectivity index (χ0n) is 11.2. The van der Waals surface area contributed by atoms with Crippen molar-refractivity contribution in [3.05, 3.63) is 58.9 Å². The fraction of sp³-hybridized carbons (Fsp3) is 0.143. The molecule has 0 spiro atoms. The Balaban J connectivity index is 2.32. The van der Waals surface area contributed by atoms with Gasteiger partial charge in [-0.15, -0.1) is 0 Å². The maximum atomic E-state index is 12.5. The molecular weight excluding hydrogens is 310 g/mol. The molecular formula is C14H12ClN3O2S. The van der Waals surface area contributed by atoms with Crippen molar-refractivity contribution in [1.82, 2.24) is 9.29 Å². The number of nitriles is 1. The number of pyridine rings is 1. The van der Waals surface area contributed by atoms with Gasteiger partial charge in [-0.1, -0.05) is 17.7 Å². The molecule has 0 aliphatic rings. The van der Waals surface area contributed by atoms with E-state index in [2.05, 4.69) is 4.98 Å². The van der Waals surface area contributed by atoms with Gasteiger partial charge in [-0.2, -0.15) is 9.57 Å². The van der Waals surface area contributed by atoms with Crippen molar-refractivity contribution < 1.29 is 8.42 Å². The summed E-state index contributed by atoms with van der Waals surface area (Å²) in [5.41, 5.74) is 1.09. The highest BCUT2D eigenvalue weighted by atomic mass is 35.5. The topological polar surface area (TPSA) is 74.1 Å². The van der Waals surface area contributed by atoms with Crippen molar-refractivity contribution in [3.63, 3.8) is 0 Å². The predicted molar refractivity (Wildman–Crippen MR) is 79.1 cm³/mol. The van der Waals surface area contributed by atoms with Crippen LogP contribution in [0.3, 0.4) is 0 Å². The predicted octanol–water partition coefficient (Wildman–Crippen LogP) is 2.43. The molecule has 0 unspecified atom stereocenters. The summed E-state index contributed by atoms with van der Waals surface area (Å²) in [7, 11) is -2.26. The molecule has 0 atom stereocenters. The van der Waals surface area contributed by atoms with Gasteiger partial charge in [0.2, 0.25) is 10.0 Å². The van der Waals surface area contributed by atoms with E-state index in [1.807, 2.05) is 6.07 Å². The lowest BCUT2D eigenvalue weighted by atomic mass is 10.2. The molecule has 0 N–H and O–H groups in total. The highest BCUT2D eigenvalue weighted by Gasteiger charge is 2.23. The lowest BCUT2D eigenvalue weighted by Gasteiger charge is -2.18. The molecule has 5 nitrogen and oxygen atoms in total. The maximum Gasteiger partial charge on any atom is 0.244 e. The first-order valence-corrected chi connectivity index (χ1v) is 7.82. The molecule has 0 saturated carbocycles. The minimum Gasteiger partial charge on any atom is -0.264 e. The molecule has 21 heavy (non-hydrogen) atoms. The molecule has 1 heterocycles. The SMILES string of the molecule is CN(Cc1cccnc1)S(=O)(=O)c1ccc(C#N)cc1Cl. The van der Waals surface area contributed by atoms with Crippen molar-refractivity contribution in [2.45, 2.75) is 11.4 Å². The molecule has 0 aliphatic carbocycles. The highest BCUT2D eigenvalue weighted by Crippen LogP contribution is 2.25. The average molecular weight is 322 g/mol. The van der Waals surface area contributed by atoms with Crippen LogP contribution in [0.25, 0.3) is 0 Å². The van der Waals surface area contributed by atoms with E-state index in [1.54, 1.807) is 24.5 Å². The van der Waals surface area contributed by atoms with Crippen LogP contribution in [0.4, 0.5) is 0 Å². The number of hydrogen-bond donors (Lipinski definition) is 0. The van der Waals surface area contributed by atoms with Crippen LogP contribution >= 0.6 is 11.6 Å². The number of sulfonamides is 1. The third-order valence-corrected chi connectivity index (χ3v) is 5.16. The van der Waals surface area contributed by atoms with E-state index in [1.165, 1.54) is 29.6 Å². The Kier molecular flexibility index (Phi) is 4.58. The summed E-state index contributed by atoms with van der Waals surface area (Å²) in [5, 5.41) is 8.82. The largest absolute Gasteiger partial charge is 0.264 e. The third kappa shape index (κ3) is 3.39. The highest BCUT2D eigenvalue weighted by molar-refractivity contribution is 7.89. The summed E-state index contributed by atoms with van der Waals surface area (Å²) >= 11 is 5.97. The van der Waals surface area contributed by atoms with Gasteiger partial charge in [0.1, 0.15) is 4.90 Å². The molecule has 2 rings (SSSR count). The molecule has 1 aromatic heterocycles. The van der Waals surface area contributed by atoms with Gasteiger partial charge >= 0.3 is 0 Å². The lowest BCUT2D eigenvalue weighted by molar-refractivity contribution is 0.466. The van der Waals surface area contributed by atoms with Crippen LogP contribution in [0.15, 0.2) is 47.6 Å². The standard InChI is InChI=1S/C14H12ClN3O2S/c1-18(10-12-3-2-6-17-9-12)21(19,20)14-5-4-11(8-16)7-13(14)15/h2-7,9H,10H2,1H3. The second-order valence-corrected chi connectivity index (χ2v) is 6.80. The fourth-order valence-corrected chi connectivity index (χ4v) is 3.45. The van der Waals surface area contributed by atoms with Gasteiger partial charge in [-0.25, -0.2) is 8.42 Å². The molecule has 2 aromatic rings. The van der Waals surface area contributed by atoms with Crippen LogP contribution in [-0.2, 0) is 16.6 Å². The Morgan fingerprint density at radius 1 is 1.38 bits per heavy atom. The van der Waals surface area contributed by atoms with Gasteiger partial charge in [0.05, 0.1) is 16.7 Å². The summed E-state index contributed by atoms with van der Waals surface area (Å²) < 4.78 is 26.2.